The SMILES string of the molecule is Cc1cccnc1Cn1cccc(Br)c1=O. The lowest BCUT2D eigenvalue weighted by atomic mass is 10.2. The molecule has 0 radical (unpaired) electrons. The third-order valence-corrected chi connectivity index (χ3v) is 3.02. The minimum Gasteiger partial charge on any atom is -0.309 e. The topological polar surface area (TPSA) is 34.9 Å². The largest absolute Gasteiger partial charge is 0.309 e. The highest BCUT2D eigenvalue weighted by Crippen LogP contribution is 2.06. The summed E-state index contributed by atoms with van der Waals surface area (Å²) in [5, 5.41) is 0. The fourth-order valence-electron chi connectivity index (χ4n) is 1.48. The maximum atomic E-state index is 11.8. The van der Waals surface area contributed by atoms with Crippen LogP contribution in [-0.2, 0) is 6.54 Å². The van der Waals surface area contributed by atoms with Crippen molar-refractivity contribution in [1.82, 2.24) is 9.55 Å². The third kappa shape index (κ3) is 2.22. The smallest absolute Gasteiger partial charge is 0.265 e. The molecule has 0 aliphatic rings. The lowest BCUT2D eigenvalue weighted by Crippen LogP contribution is -2.21. The highest BCUT2D eigenvalue weighted by molar-refractivity contribution is 9.10. The first-order valence-electron chi connectivity index (χ1n) is 4.94. The van der Waals surface area contributed by atoms with Crippen molar-refractivity contribution in [3.05, 3.63) is 62.7 Å². The van der Waals surface area contributed by atoms with Crippen LogP contribution < -0.4 is 5.56 Å². The number of hydrogen-bond acceptors (Lipinski definition) is 2. The second-order valence-electron chi connectivity index (χ2n) is 3.56. The first-order valence-corrected chi connectivity index (χ1v) is 5.73. The molecule has 82 valence electrons. The van der Waals surface area contributed by atoms with Crippen molar-refractivity contribution in [3.63, 3.8) is 0 Å². The first kappa shape index (κ1) is 11.1. The Hall–Kier alpha value is -1.42. The number of pyridine rings is 2. The predicted molar refractivity (Wildman–Crippen MR) is 66.5 cm³/mol. The molecule has 3 nitrogen and oxygen atoms in total. The Morgan fingerprint density at radius 1 is 1.38 bits per heavy atom. The predicted octanol–water partition coefficient (Wildman–Crippen LogP) is 2.36. The molecule has 0 aliphatic heterocycles. The second kappa shape index (κ2) is 4.61. The van der Waals surface area contributed by atoms with E-state index in [1.807, 2.05) is 25.1 Å². The van der Waals surface area contributed by atoms with Crippen LogP contribution in [0.15, 0.2) is 45.9 Å². The van der Waals surface area contributed by atoms with Gasteiger partial charge in [0.05, 0.1) is 16.7 Å². The molecule has 0 saturated heterocycles. The third-order valence-electron chi connectivity index (χ3n) is 2.41. The Balaban J connectivity index is 2.39. The summed E-state index contributed by atoms with van der Waals surface area (Å²) in [6.07, 6.45) is 3.51. The molecule has 0 aliphatic carbocycles. The molecular weight excluding hydrogens is 268 g/mol. The molecule has 0 fully saturated rings. The van der Waals surface area contributed by atoms with Crippen LogP contribution in [0, 0.1) is 6.92 Å². The number of halogens is 1. The highest BCUT2D eigenvalue weighted by Gasteiger charge is 2.03. The van der Waals surface area contributed by atoms with Gasteiger partial charge in [-0.2, -0.15) is 0 Å². The molecule has 16 heavy (non-hydrogen) atoms. The number of rotatable bonds is 2. The van der Waals surface area contributed by atoms with Gasteiger partial charge in [-0.25, -0.2) is 0 Å². The number of hydrogen-bond donors (Lipinski definition) is 0. The maximum absolute atomic E-state index is 11.8. The van der Waals surface area contributed by atoms with E-state index in [1.165, 1.54) is 0 Å². The van der Waals surface area contributed by atoms with E-state index in [0.29, 0.717) is 11.0 Å². The quantitative estimate of drug-likeness (QED) is 0.845. The molecule has 0 bridgehead atoms. The molecule has 0 spiro atoms. The number of aromatic nitrogens is 2. The van der Waals surface area contributed by atoms with Crippen molar-refractivity contribution >= 4 is 15.9 Å². The molecule has 4 heteroatoms. The van der Waals surface area contributed by atoms with Gasteiger partial charge in [0, 0.05) is 12.4 Å². The highest BCUT2D eigenvalue weighted by atomic mass is 79.9. The average Bonchev–Trinajstić information content (AvgIpc) is 2.28. The van der Waals surface area contributed by atoms with Crippen LogP contribution in [0.1, 0.15) is 11.3 Å². The minimum absolute atomic E-state index is 0.0347. The van der Waals surface area contributed by atoms with Crippen LogP contribution in [0.4, 0.5) is 0 Å². The van der Waals surface area contributed by atoms with Crippen LogP contribution in [-0.4, -0.2) is 9.55 Å². The van der Waals surface area contributed by atoms with Crippen LogP contribution >= 0.6 is 15.9 Å². The van der Waals surface area contributed by atoms with E-state index in [0.717, 1.165) is 11.3 Å². The lowest BCUT2D eigenvalue weighted by molar-refractivity contribution is 0.730. The fourth-order valence-corrected chi connectivity index (χ4v) is 1.86. The van der Waals surface area contributed by atoms with E-state index in [4.69, 9.17) is 0 Å². The van der Waals surface area contributed by atoms with Gasteiger partial charge in [0.15, 0.2) is 0 Å². The van der Waals surface area contributed by atoms with E-state index >= 15 is 0 Å². The summed E-state index contributed by atoms with van der Waals surface area (Å²) in [5.74, 6) is 0. The maximum Gasteiger partial charge on any atom is 0.265 e. The van der Waals surface area contributed by atoms with Gasteiger partial charge in [-0.05, 0) is 46.6 Å². The van der Waals surface area contributed by atoms with Crippen molar-refractivity contribution in [1.29, 1.82) is 0 Å². The zero-order chi connectivity index (χ0) is 11.5. The van der Waals surface area contributed by atoms with E-state index in [1.54, 1.807) is 23.0 Å². The average molecular weight is 279 g/mol. The van der Waals surface area contributed by atoms with E-state index in [2.05, 4.69) is 20.9 Å². The Bertz CT molecular complexity index is 563. The second-order valence-corrected chi connectivity index (χ2v) is 4.41. The van der Waals surface area contributed by atoms with Crippen molar-refractivity contribution in [2.45, 2.75) is 13.5 Å². The Morgan fingerprint density at radius 2 is 2.19 bits per heavy atom. The Morgan fingerprint density at radius 3 is 2.94 bits per heavy atom. The summed E-state index contributed by atoms with van der Waals surface area (Å²) in [5.41, 5.74) is 1.98. The molecule has 0 unspecified atom stereocenters. The van der Waals surface area contributed by atoms with Gasteiger partial charge in [-0.1, -0.05) is 6.07 Å². The molecule has 0 N–H and O–H groups in total. The number of nitrogens with zero attached hydrogens (tertiary/aromatic N) is 2. The number of aryl methyl sites for hydroxylation is 1. The van der Waals surface area contributed by atoms with E-state index in [-0.39, 0.29) is 5.56 Å². The van der Waals surface area contributed by atoms with Crippen molar-refractivity contribution in [3.8, 4) is 0 Å². The van der Waals surface area contributed by atoms with Gasteiger partial charge in [0.1, 0.15) is 0 Å². The van der Waals surface area contributed by atoms with Crippen LogP contribution in [0.5, 0.6) is 0 Å². The Kier molecular flexibility index (Phi) is 3.19. The summed E-state index contributed by atoms with van der Waals surface area (Å²) in [6, 6.07) is 7.46. The Labute approximate surface area is 102 Å². The zero-order valence-corrected chi connectivity index (χ0v) is 10.4. The monoisotopic (exact) mass is 278 g/mol. The zero-order valence-electron chi connectivity index (χ0n) is 8.85. The van der Waals surface area contributed by atoms with Crippen molar-refractivity contribution in [2.24, 2.45) is 0 Å². The van der Waals surface area contributed by atoms with Gasteiger partial charge in [-0.3, -0.25) is 9.78 Å². The fraction of sp³-hybridized carbons (Fsp3) is 0.167. The molecule has 0 atom stereocenters. The summed E-state index contributed by atoms with van der Waals surface area (Å²) in [7, 11) is 0. The van der Waals surface area contributed by atoms with Gasteiger partial charge in [0.2, 0.25) is 0 Å². The molecular formula is C12H11BrN2O. The summed E-state index contributed by atoms with van der Waals surface area (Å²) < 4.78 is 2.21. The van der Waals surface area contributed by atoms with E-state index < -0.39 is 0 Å². The van der Waals surface area contributed by atoms with Crippen LogP contribution in [0.25, 0.3) is 0 Å². The van der Waals surface area contributed by atoms with Gasteiger partial charge >= 0.3 is 0 Å². The first-order chi connectivity index (χ1) is 7.68. The van der Waals surface area contributed by atoms with Gasteiger partial charge in [0.25, 0.3) is 5.56 Å². The normalized spacial score (nSPS) is 10.4. The van der Waals surface area contributed by atoms with Gasteiger partial charge < -0.3 is 4.57 Å². The van der Waals surface area contributed by atoms with Crippen molar-refractivity contribution in [2.75, 3.05) is 0 Å². The minimum atomic E-state index is -0.0347. The molecule has 0 amide bonds. The van der Waals surface area contributed by atoms with Gasteiger partial charge in [-0.15, -0.1) is 0 Å². The standard InChI is InChI=1S/C12H11BrN2O/c1-9-4-2-6-14-11(9)8-15-7-3-5-10(13)12(15)16/h2-7H,8H2,1H3. The molecule has 0 aromatic carbocycles. The summed E-state index contributed by atoms with van der Waals surface area (Å²) >= 11 is 3.22. The summed E-state index contributed by atoms with van der Waals surface area (Å²) in [6.45, 7) is 2.50. The molecule has 0 saturated carbocycles. The van der Waals surface area contributed by atoms with Crippen molar-refractivity contribution < 1.29 is 0 Å². The molecule has 2 heterocycles. The molecule has 2 rings (SSSR count). The molecule has 2 aromatic rings. The van der Waals surface area contributed by atoms with Crippen LogP contribution in [0.3, 0.4) is 0 Å². The van der Waals surface area contributed by atoms with E-state index in [9.17, 15) is 4.79 Å². The van der Waals surface area contributed by atoms with Crippen LogP contribution in [0.2, 0.25) is 0 Å². The lowest BCUT2D eigenvalue weighted by Gasteiger charge is -2.07. The molecule has 2 aromatic heterocycles. The summed E-state index contributed by atoms with van der Waals surface area (Å²) in [4.78, 5) is 16.0.